The number of hydrogen-bond donors (Lipinski definition) is 4. The first kappa shape index (κ1) is 28.2. The van der Waals surface area contributed by atoms with Crippen LogP contribution in [0, 0.1) is 11.3 Å². The molecule has 0 aliphatic rings. The SMILES string of the molecule is CC(C)(C)NC(=O)C(c1ccccc1O)N(CC#N)C(=O)C(CC(N)=O)NC(=O)OC(C)(C)C. The molecule has 1 aromatic carbocycles. The molecule has 0 spiro atoms. The van der Waals surface area contributed by atoms with Crippen LogP contribution in [0.1, 0.15) is 59.6 Å². The molecule has 0 radical (unpaired) electrons. The van der Waals surface area contributed by atoms with E-state index in [1.54, 1.807) is 47.6 Å². The maximum Gasteiger partial charge on any atom is 0.408 e. The summed E-state index contributed by atoms with van der Waals surface area (Å²) in [6, 6.07) is 4.72. The maximum absolute atomic E-state index is 13.5. The van der Waals surface area contributed by atoms with Crippen LogP contribution in [0.25, 0.3) is 0 Å². The number of nitriles is 1. The molecular formula is C23H33N5O6. The number of nitrogens with two attached hydrogens (primary N) is 1. The van der Waals surface area contributed by atoms with E-state index in [-0.39, 0.29) is 11.3 Å². The lowest BCUT2D eigenvalue weighted by atomic mass is 9.99. The Morgan fingerprint density at radius 1 is 1.15 bits per heavy atom. The number of phenolic OH excluding ortho intramolecular Hbond substituents is 1. The number of primary amides is 1. The third-order valence-electron chi connectivity index (χ3n) is 4.21. The number of amides is 4. The number of rotatable bonds is 8. The number of nitrogens with zero attached hydrogens (tertiary/aromatic N) is 2. The number of benzene rings is 1. The van der Waals surface area contributed by atoms with Gasteiger partial charge in [-0.2, -0.15) is 5.26 Å². The van der Waals surface area contributed by atoms with Gasteiger partial charge in [0.1, 0.15) is 30.0 Å². The molecule has 0 fully saturated rings. The molecule has 0 aromatic heterocycles. The number of aromatic hydroxyl groups is 1. The van der Waals surface area contributed by atoms with E-state index in [4.69, 9.17) is 10.5 Å². The Kier molecular flexibility index (Phi) is 9.43. The molecule has 1 aromatic rings. The Balaban J connectivity index is 3.50. The predicted octanol–water partition coefficient (Wildman–Crippen LogP) is 1.47. The van der Waals surface area contributed by atoms with Gasteiger partial charge in [-0.3, -0.25) is 14.4 Å². The van der Waals surface area contributed by atoms with Gasteiger partial charge in [0.15, 0.2) is 0 Å². The van der Waals surface area contributed by atoms with Crippen LogP contribution in [0.2, 0.25) is 0 Å². The number of alkyl carbamates (subject to hydrolysis) is 1. The second kappa shape index (κ2) is 11.4. The zero-order valence-corrected chi connectivity index (χ0v) is 20.3. The fourth-order valence-corrected chi connectivity index (χ4v) is 3.03. The van der Waals surface area contributed by atoms with E-state index < -0.39 is 60.0 Å². The minimum absolute atomic E-state index is 0.0583. The van der Waals surface area contributed by atoms with Crippen molar-refractivity contribution in [1.82, 2.24) is 15.5 Å². The van der Waals surface area contributed by atoms with Crippen molar-refractivity contribution in [2.24, 2.45) is 5.73 Å². The lowest BCUT2D eigenvalue weighted by Gasteiger charge is -2.34. The first-order chi connectivity index (χ1) is 15.6. The average Bonchev–Trinajstić information content (AvgIpc) is 2.64. The molecule has 0 aliphatic heterocycles. The summed E-state index contributed by atoms with van der Waals surface area (Å²) >= 11 is 0. The van der Waals surface area contributed by atoms with Crippen LogP contribution < -0.4 is 16.4 Å². The zero-order valence-electron chi connectivity index (χ0n) is 20.3. The molecule has 4 amide bonds. The largest absolute Gasteiger partial charge is 0.508 e. The molecule has 0 saturated heterocycles. The van der Waals surface area contributed by atoms with Gasteiger partial charge in [-0.15, -0.1) is 0 Å². The highest BCUT2D eigenvalue weighted by atomic mass is 16.6. The third kappa shape index (κ3) is 8.97. The maximum atomic E-state index is 13.5. The van der Waals surface area contributed by atoms with E-state index in [0.717, 1.165) is 4.90 Å². The summed E-state index contributed by atoms with van der Waals surface area (Å²) in [6.07, 6.45) is -1.59. The number of phenols is 1. The molecule has 2 unspecified atom stereocenters. The van der Waals surface area contributed by atoms with Crippen LogP contribution in [0.3, 0.4) is 0 Å². The van der Waals surface area contributed by atoms with Gasteiger partial charge in [0.2, 0.25) is 17.7 Å². The molecule has 186 valence electrons. The fraction of sp³-hybridized carbons (Fsp3) is 0.522. The van der Waals surface area contributed by atoms with Gasteiger partial charge >= 0.3 is 6.09 Å². The molecule has 0 heterocycles. The summed E-state index contributed by atoms with van der Waals surface area (Å²) < 4.78 is 5.16. The fourth-order valence-electron chi connectivity index (χ4n) is 3.03. The predicted molar refractivity (Wildman–Crippen MR) is 123 cm³/mol. The summed E-state index contributed by atoms with van der Waals surface area (Å²) in [5.74, 6) is -2.78. The van der Waals surface area contributed by atoms with Crippen molar-refractivity contribution in [1.29, 1.82) is 5.26 Å². The second-order valence-electron chi connectivity index (χ2n) is 9.69. The van der Waals surface area contributed by atoms with Gasteiger partial charge in [-0.25, -0.2) is 4.79 Å². The minimum Gasteiger partial charge on any atom is -0.508 e. The highest BCUT2D eigenvalue weighted by Gasteiger charge is 2.38. The summed E-state index contributed by atoms with van der Waals surface area (Å²) in [4.78, 5) is 51.6. The lowest BCUT2D eigenvalue weighted by molar-refractivity contribution is -0.143. The monoisotopic (exact) mass is 475 g/mol. The second-order valence-corrected chi connectivity index (χ2v) is 9.69. The van der Waals surface area contributed by atoms with Crippen molar-refractivity contribution >= 4 is 23.8 Å². The quantitative estimate of drug-likeness (QED) is 0.412. The van der Waals surface area contributed by atoms with E-state index in [2.05, 4.69) is 10.6 Å². The van der Waals surface area contributed by atoms with Gasteiger partial charge in [-0.05, 0) is 47.6 Å². The molecule has 5 N–H and O–H groups in total. The lowest BCUT2D eigenvalue weighted by Crippen LogP contribution is -2.55. The van der Waals surface area contributed by atoms with Gasteiger partial charge in [0, 0.05) is 11.1 Å². The summed E-state index contributed by atoms with van der Waals surface area (Å²) in [6.45, 7) is 9.44. The minimum atomic E-state index is -1.52. The van der Waals surface area contributed by atoms with Crippen LogP contribution in [-0.4, -0.2) is 57.5 Å². The number of nitrogens with one attached hydrogen (secondary N) is 2. The van der Waals surface area contributed by atoms with Gasteiger partial charge in [-0.1, -0.05) is 18.2 Å². The van der Waals surface area contributed by atoms with Crippen LogP contribution in [0.4, 0.5) is 4.79 Å². The van der Waals surface area contributed by atoms with E-state index in [1.807, 2.05) is 6.07 Å². The first-order valence-corrected chi connectivity index (χ1v) is 10.6. The first-order valence-electron chi connectivity index (χ1n) is 10.6. The Morgan fingerprint density at radius 2 is 1.74 bits per heavy atom. The smallest absolute Gasteiger partial charge is 0.408 e. The van der Waals surface area contributed by atoms with Crippen LogP contribution in [0.5, 0.6) is 5.75 Å². The highest BCUT2D eigenvalue weighted by molar-refractivity contribution is 5.95. The standard InChI is InChI=1S/C23H33N5O6/c1-22(2,3)27-19(31)18(14-9-7-8-10-16(14)29)28(12-11-24)20(32)15(13-17(25)30)26-21(33)34-23(4,5)6/h7-10,15,18,29H,12-13H2,1-6H3,(H2,25,30)(H,26,33)(H,27,31). The Bertz CT molecular complexity index is 958. The van der Waals surface area contributed by atoms with Crippen molar-refractivity contribution in [3.63, 3.8) is 0 Å². The number of hydrogen-bond acceptors (Lipinski definition) is 7. The molecule has 34 heavy (non-hydrogen) atoms. The molecule has 11 nitrogen and oxygen atoms in total. The van der Waals surface area contributed by atoms with Crippen molar-refractivity contribution in [3.05, 3.63) is 29.8 Å². The van der Waals surface area contributed by atoms with Gasteiger partial charge in [0.05, 0.1) is 12.5 Å². The Labute approximate surface area is 199 Å². The van der Waals surface area contributed by atoms with Crippen molar-refractivity contribution < 1.29 is 29.0 Å². The third-order valence-corrected chi connectivity index (χ3v) is 4.21. The Morgan fingerprint density at radius 3 is 2.21 bits per heavy atom. The van der Waals surface area contributed by atoms with E-state index in [9.17, 15) is 29.5 Å². The van der Waals surface area contributed by atoms with Gasteiger partial charge < -0.3 is 31.1 Å². The molecule has 0 aliphatic carbocycles. The van der Waals surface area contributed by atoms with Crippen LogP contribution in [0.15, 0.2) is 24.3 Å². The average molecular weight is 476 g/mol. The topological polar surface area (TPSA) is 175 Å². The van der Waals surface area contributed by atoms with Crippen molar-refractivity contribution in [2.45, 2.75) is 71.2 Å². The van der Waals surface area contributed by atoms with E-state index >= 15 is 0 Å². The van der Waals surface area contributed by atoms with Crippen molar-refractivity contribution in [3.8, 4) is 11.8 Å². The summed E-state index contributed by atoms with van der Waals surface area (Å²) in [5, 5.41) is 24.9. The Hall–Kier alpha value is -3.81. The molecule has 11 heteroatoms. The molecule has 1 rings (SSSR count). The number of ether oxygens (including phenoxy) is 1. The van der Waals surface area contributed by atoms with Gasteiger partial charge in [0.25, 0.3) is 0 Å². The molecule has 2 atom stereocenters. The summed E-state index contributed by atoms with van der Waals surface area (Å²) in [5.41, 5.74) is 3.74. The van der Waals surface area contributed by atoms with E-state index in [1.165, 1.54) is 18.2 Å². The van der Waals surface area contributed by atoms with Crippen molar-refractivity contribution in [2.75, 3.05) is 6.54 Å². The molecule has 0 saturated carbocycles. The number of carbonyl (C=O) groups excluding carboxylic acids is 4. The molecule has 0 bridgehead atoms. The zero-order chi connectivity index (χ0) is 26.3. The number of para-hydroxylation sites is 1. The summed E-state index contributed by atoms with van der Waals surface area (Å²) in [7, 11) is 0. The normalized spacial score (nSPS) is 13.1. The molecular weight excluding hydrogens is 442 g/mol. The highest BCUT2D eigenvalue weighted by Crippen LogP contribution is 2.30. The van der Waals surface area contributed by atoms with E-state index in [0.29, 0.717) is 0 Å². The van der Waals surface area contributed by atoms with Crippen LogP contribution >= 0.6 is 0 Å². The number of carbonyl (C=O) groups is 4. The van der Waals surface area contributed by atoms with Crippen LogP contribution in [-0.2, 0) is 19.1 Å².